The molecule has 0 saturated carbocycles. The number of aromatic nitrogens is 3. The van der Waals surface area contributed by atoms with Crippen LogP contribution in [0.4, 0.5) is 18.9 Å². The van der Waals surface area contributed by atoms with Gasteiger partial charge < -0.3 is 14.5 Å². The van der Waals surface area contributed by atoms with E-state index in [1.165, 1.54) is 24.5 Å². The molecule has 4 rings (SSSR count). The number of amides is 1. The first-order valence-corrected chi connectivity index (χ1v) is 10.2. The van der Waals surface area contributed by atoms with Gasteiger partial charge in [-0.2, -0.15) is 0 Å². The lowest BCUT2D eigenvalue weighted by atomic mass is 10.3. The van der Waals surface area contributed by atoms with E-state index < -0.39 is 18.0 Å². The van der Waals surface area contributed by atoms with Crippen molar-refractivity contribution in [2.45, 2.75) is 11.5 Å². The van der Waals surface area contributed by atoms with Crippen LogP contribution in [0.15, 0.2) is 82.6 Å². The van der Waals surface area contributed by atoms with E-state index in [4.69, 9.17) is 4.42 Å². The minimum atomic E-state index is -4.87. The standard InChI is InChI=1S/C21H15F3N4O3S/c22-21(23,24)31-16-10-5-4-9-15(16)25-18(29)13-32-20-27-26-19(17-11-6-12-30-17)28(20)14-7-2-1-3-8-14/h1-12H,13H2,(H,25,29). The molecule has 0 spiro atoms. The van der Waals surface area contributed by atoms with E-state index in [2.05, 4.69) is 20.3 Å². The molecular weight excluding hydrogens is 445 g/mol. The molecule has 4 aromatic rings. The van der Waals surface area contributed by atoms with Crippen molar-refractivity contribution in [2.75, 3.05) is 11.1 Å². The lowest BCUT2D eigenvalue weighted by Gasteiger charge is -2.13. The maximum absolute atomic E-state index is 12.6. The van der Waals surface area contributed by atoms with Crippen molar-refractivity contribution in [3.63, 3.8) is 0 Å². The summed E-state index contributed by atoms with van der Waals surface area (Å²) in [6, 6.07) is 18.0. The number of thioether (sulfide) groups is 1. The number of hydrogen-bond donors (Lipinski definition) is 1. The van der Waals surface area contributed by atoms with Crippen LogP contribution in [0, 0.1) is 0 Å². The van der Waals surface area contributed by atoms with Crippen molar-refractivity contribution in [1.29, 1.82) is 0 Å². The fourth-order valence-electron chi connectivity index (χ4n) is 2.84. The number of furan rings is 1. The van der Waals surface area contributed by atoms with Crippen molar-refractivity contribution >= 4 is 23.4 Å². The van der Waals surface area contributed by atoms with Crippen LogP contribution in [0.1, 0.15) is 0 Å². The zero-order valence-corrected chi connectivity index (χ0v) is 17.1. The molecular formula is C21H15F3N4O3S. The molecule has 2 aromatic heterocycles. The molecule has 2 heterocycles. The summed E-state index contributed by atoms with van der Waals surface area (Å²) in [7, 11) is 0. The first-order chi connectivity index (χ1) is 15.4. The molecule has 0 fully saturated rings. The van der Waals surface area contributed by atoms with Crippen LogP contribution < -0.4 is 10.1 Å². The number of hydrogen-bond acceptors (Lipinski definition) is 6. The second kappa shape index (κ2) is 9.18. The van der Waals surface area contributed by atoms with Gasteiger partial charge in [-0.05, 0) is 36.4 Å². The van der Waals surface area contributed by atoms with E-state index in [1.807, 2.05) is 30.3 Å². The molecule has 0 unspecified atom stereocenters. The SMILES string of the molecule is O=C(CSc1nnc(-c2ccco2)n1-c1ccccc1)Nc1ccccc1OC(F)(F)F. The second-order valence-corrected chi connectivity index (χ2v) is 7.28. The summed E-state index contributed by atoms with van der Waals surface area (Å²) in [4.78, 5) is 12.4. The number of nitrogens with one attached hydrogen (secondary N) is 1. The van der Waals surface area contributed by atoms with Crippen LogP contribution in [-0.2, 0) is 4.79 Å². The first-order valence-electron chi connectivity index (χ1n) is 9.23. The van der Waals surface area contributed by atoms with Gasteiger partial charge in [0.25, 0.3) is 0 Å². The van der Waals surface area contributed by atoms with Crippen LogP contribution in [0.25, 0.3) is 17.3 Å². The minimum Gasteiger partial charge on any atom is -0.461 e. The van der Waals surface area contributed by atoms with Gasteiger partial charge in [0.15, 0.2) is 16.7 Å². The number of anilines is 1. The lowest BCUT2D eigenvalue weighted by molar-refractivity contribution is -0.274. The average Bonchev–Trinajstić information content (AvgIpc) is 3.43. The van der Waals surface area contributed by atoms with Gasteiger partial charge in [-0.1, -0.05) is 42.1 Å². The Bertz CT molecular complexity index is 1190. The number of halogens is 3. The molecule has 164 valence electrons. The van der Waals surface area contributed by atoms with E-state index >= 15 is 0 Å². The Kier molecular flexibility index (Phi) is 6.17. The van der Waals surface area contributed by atoms with Crippen molar-refractivity contribution in [3.05, 3.63) is 73.0 Å². The fraction of sp³-hybridized carbons (Fsp3) is 0.0952. The van der Waals surface area contributed by atoms with Gasteiger partial charge in [-0.3, -0.25) is 9.36 Å². The van der Waals surface area contributed by atoms with E-state index in [9.17, 15) is 18.0 Å². The number of benzene rings is 2. The van der Waals surface area contributed by atoms with E-state index in [-0.39, 0.29) is 11.4 Å². The Morgan fingerprint density at radius 3 is 2.50 bits per heavy atom. The van der Waals surface area contributed by atoms with E-state index in [1.54, 1.807) is 16.7 Å². The Morgan fingerprint density at radius 1 is 1.03 bits per heavy atom. The van der Waals surface area contributed by atoms with Gasteiger partial charge in [0.05, 0.1) is 17.7 Å². The first kappa shape index (κ1) is 21.5. The van der Waals surface area contributed by atoms with Gasteiger partial charge >= 0.3 is 6.36 Å². The van der Waals surface area contributed by atoms with Crippen LogP contribution >= 0.6 is 11.8 Å². The molecule has 0 saturated heterocycles. The summed E-state index contributed by atoms with van der Waals surface area (Å²) >= 11 is 1.08. The highest BCUT2D eigenvalue weighted by Crippen LogP contribution is 2.31. The molecule has 0 radical (unpaired) electrons. The van der Waals surface area contributed by atoms with Gasteiger partial charge in [-0.15, -0.1) is 23.4 Å². The van der Waals surface area contributed by atoms with Crippen molar-refractivity contribution in [3.8, 4) is 23.0 Å². The van der Waals surface area contributed by atoms with Crippen LogP contribution in [0.2, 0.25) is 0 Å². The summed E-state index contributed by atoms with van der Waals surface area (Å²) in [5.74, 6) is -0.200. The summed E-state index contributed by atoms with van der Waals surface area (Å²) < 4.78 is 48.9. The van der Waals surface area contributed by atoms with Gasteiger partial charge in [0.2, 0.25) is 11.7 Å². The van der Waals surface area contributed by atoms with E-state index in [0.717, 1.165) is 23.5 Å². The number of para-hydroxylation sites is 3. The second-order valence-electron chi connectivity index (χ2n) is 6.34. The molecule has 1 amide bonds. The monoisotopic (exact) mass is 460 g/mol. The van der Waals surface area contributed by atoms with Crippen molar-refractivity contribution in [1.82, 2.24) is 14.8 Å². The number of carbonyl (C=O) groups excluding carboxylic acids is 1. The third-order valence-corrected chi connectivity index (χ3v) is 5.04. The maximum Gasteiger partial charge on any atom is 0.573 e. The van der Waals surface area contributed by atoms with Gasteiger partial charge in [0, 0.05) is 5.69 Å². The number of nitrogens with zero attached hydrogens (tertiary/aromatic N) is 3. The molecule has 0 aliphatic carbocycles. The fourth-order valence-corrected chi connectivity index (χ4v) is 3.59. The quantitative estimate of drug-likeness (QED) is 0.384. The Balaban J connectivity index is 1.52. The number of rotatable bonds is 7. The average molecular weight is 460 g/mol. The Hall–Kier alpha value is -3.73. The molecule has 0 aliphatic rings. The molecule has 2 aromatic carbocycles. The highest BCUT2D eigenvalue weighted by atomic mass is 32.2. The Morgan fingerprint density at radius 2 is 1.78 bits per heavy atom. The third kappa shape index (κ3) is 5.11. The largest absolute Gasteiger partial charge is 0.573 e. The molecule has 0 atom stereocenters. The molecule has 0 aliphatic heterocycles. The number of alkyl halides is 3. The summed E-state index contributed by atoms with van der Waals surface area (Å²) in [6.45, 7) is 0. The normalized spacial score (nSPS) is 11.3. The van der Waals surface area contributed by atoms with E-state index in [0.29, 0.717) is 16.7 Å². The van der Waals surface area contributed by atoms with Crippen LogP contribution in [0.5, 0.6) is 5.75 Å². The van der Waals surface area contributed by atoms with Gasteiger partial charge in [-0.25, -0.2) is 0 Å². The third-order valence-electron chi connectivity index (χ3n) is 4.11. The smallest absolute Gasteiger partial charge is 0.461 e. The minimum absolute atomic E-state index is 0.0868. The molecule has 11 heteroatoms. The van der Waals surface area contributed by atoms with Crippen molar-refractivity contribution < 1.29 is 27.1 Å². The molecule has 32 heavy (non-hydrogen) atoms. The van der Waals surface area contributed by atoms with Gasteiger partial charge in [0.1, 0.15) is 0 Å². The lowest BCUT2D eigenvalue weighted by Crippen LogP contribution is -2.20. The number of ether oxygens (including phenoxy) is 1. The summed E-state index contributed by atoms with van der Waals surface area (Å²) in [5.41, 5.74) is 0.673. The Labute approximate surface area is 184 Å². The predicted molar refractivity (Wildman–Crippen MR) is 112 cm³/mol. The highest BCUT2D eigenvalue weighted by molar-refractivity contribution is 7.99. The zero-order valence-electron chi connectivity index (χ0n) is 16.2. The number of carbonyl (C=O) groups is 1. The van der Waals surface area contributed by atoms with Crippen LogP contribution in [0.3, 0.4) is 0 Å². The summed E-state index contributed by atoms with van der Waals surface area (Å²) in [5, 5.41) is 11.2. The maximum atomic E-state index is 12.6. The van der Waals surface area contributed by atoms with Crippen molar-refractivity contribution in [2.24, 2.45) is 0 Å². The highest BCUT2D eigenvalue weighted by Gasteiger charge is 2.32. The summed E-state index contributed by atoms with van der Waals surface area (Å²) in [6.07, 6.45) is -3.36. The molecule has 7 nitrogen and oxygen atoms in total. The predicted octanol–water partition coefficient (Wildman–Crippen LogP) is 5.16. The molecule has 0 bridgehead atoms. The van der Waals surface area contributed by atoms with Crippen LogP contribution in [-0.4, -0.2) is 32.8 Å². The molecule has 1 N–H and O–H groups in total. The zero-order chi connectivity index (χ0) is 22.6. The topological polar surface area (TPSA) is 82.2 Å².